The first-order valence-electron chi connectivity index (χ1n) is 13.7. The van der Waals surface area contributed by atoms with Crippen molar-refractivity contribution in [2.75, 3.05) is 26.4 Å². The molecule has 0 saturated carbocycles. The first kappa shape index (κ1) is 30.4. The summed E-state index contributed by atoms with van der Waals surface area (Å²) >= 11 is 0. The molecule has 0 bridgehead atoms. The van der Waals surface area contributed by atoms with Gasteiger partial charge in [0.15, 0.2) is 0 Å². The van der Waals surface area contributed by atoms with Gasteiger partial charge in [-0.25, -0.2) is 0 Å². The highest BCUT2D eigenvalue weighted by atomic mass is 16.6. The van der Waals surface area contributed by atoms with Crippen molar-refractivity contribution in [2.24, 2.45) is 10.8 Å². The van der Waals surface area contributed by atoms with Gasteiger partial charge in [-0.05, 0) is 59.1 Å². The standard InChI is InChI=1S/C16H22.C6H10O3.2C6H6O/c1-15(2)10-14(11-16(3,4)12-15)13-8-6-5-7-9-13;1(5-3-8-5)7-2-6-4-9-6;2*7-6-4-2-1-3-5-6/h5-10H,11-12H2,1-4H3;5-6H,1-4H2;2*1-5,7H. The second kappa shape index (κ2) is 14.9. The van der Waals surface area contributed by atoms with E-state index in [0.717, 1.165) is 26.4 Å². The van der Waals surface area contributed by atoms with Crippen LogP contribution in [0.1, 0.15) is 46.1 Å². The Balaban J connectivity index is 0.000000155. The molecule has 210 valence electrons. The molecule has 3 aromatic rings. The number of phenols is 2. The molecule has 2 atom stereocenters. The number of aromatic hydroxyl groups is 2. The third-order valence-corrected chi connectivity index (χ3v) is 6.24. The van der Waals surface area contributed by atoms with Gasteiger partial charge < -0.3 is 24.4 Å². The molecule has 3 aliphatic rings. The molecule has 1 aliphatic carbocycles. The van der Waals surface area contributed by atoms with E-state index in [-0.39, 0.29) is 0 Å². The van der Waals surface area contributed by atoms with Crippen molar-refractivity contribution in [3.8, 4) is 11.5 Å². The van der Waals surface area contributed by atoms with Crippen LogP contribution in [0.15, 0.2) is 97.1 Å². The van der Waals surface area contributed by atoms with Crippen LogP contribution in [0.25, 0.3) is 5.57 Å². The van der Waals surface area contributed by atoms with E-state index < -0.39 is 0 Å². The fraction of sp³-hybridized carbons (Fsp3) is 0.412. The normalized spacial score (nSPS) is 21.3. The van der Waals surface area contributed by atoms with Crippen LogP contribution in [0.4, 0.5) is 0 Å². The van der Waals surface area contributed by atoms with E-state index in [1.165, 1.54) is 24.0 Å². The average molecular weight is 533 g/mol. The van der Waals surface area contributed by atoms with E-state index >= 15 is 0 Å². The molecular weight excluding hydrogens is 488 g/mol. The summed E-state index contributed by atoms with van der Waals surface area (Å²) in [4.78, 5) is 0. The van der Waals surface area contributed by atoms with E-state index in [9.17, 15) is 0 Å². The quantitative estimate of drug-likeness (QED) is 0.333. The molecular formula is C34H44O5. The maximum absolute atomic E-state index is 8.63. The van der Waals surface area contributed by atoms with Crippen molar-refractivity contribution < 1.29 is 24.4 Å². The summed E-state index contributed by atoms with van der Waals surface area (Å²) < 4.78 is 15.1. The van der Waals surface area contributed by atoms with E-state index in [1.807, 2.05) is 12.1 Å². The SMILES string of the molecule is C(OCC1CO1)C1CO1.CC1(C)C=C(c2ccccc2)CC(C)(C)C1.Oc1ccccc1.Oc1ccccc1. The predicted molar refractivity (Wildman–Crippen MR) is 158 cm³/mol. The van der Waals surface area contributed by atoms with Gasteiger partial charge in [-0.1, -0.05) is 101 Å². The lowest BCUT2D eigenvalue weighted by Crippen LogP contribution is -2.26. The van der Waals surface area contributed by atoms with Gasteiger partial charge >= 0.3 is 0 Å². The Morgan fingerprint density at radius 3 is 1.44 bits per heavy atom. The lowest BCUT2D eigenvalue weighted by atomic mass is 9.66. The summed E-state index contributed by atoms with van der Waals surface area (Å²) in [6.45, 7) is 12.7. The summed E-state index contributed by atoms with van der Waals surface area (Å²) in [5, 5.41) is 17.3. The Bertz CT molecular complexity index is 1050. The molecule has 0 amide bonds. The van der Waals surface area contributed by atoms with Gasteiger partial charge in [0.1, 0.15) is 23.7 Å². The first-order chi connectivity index (χ1) is 18.6. The van der Waals surface area contributed by atoms with Crippen molar-refractivity contribution in [1.29, 1.82) is 0 Å². The second-order valence-corrected chi connectivity index (χ2v) is 11.7. The summed E-state index contributed by atoms with van der Waals surface area (Å²) in [5.74, 6) is 0.644. The molecule has 6 rings (SSSR count). The fourth-order valence-electron chi connectivity index (χ4n) is 4.74. The maximum Gasteiger partial charge on any atom is 0.115 e. The molecule has 2 heterocycles. The predicted octanol–water partition coefficient (Wildman–Crippen LogP) is 7.50. The Kier molecular flexibility index (Phi) is 11.6. The summed E-state index contributed by atoms with van der Waals surface area (Å²) in [7, 11) is 0. The molecule has 3 aromatic carbocycles. The number of para-hydroxylation sites is 2. The minimum atomic E-state index is 0.322. The molecule has 2 fully saturated rings. The van der Waals surface area contributed by atoms with Crippen molar-refractivity contribution in [3.63, 3.8) is 0 Å². The van der Waals surface area contributed by atoms with E-state index in [4.69, 9.17) is 24.4 Å². The Morgan fingerprint density at radius 2 is 1.10 bits per heavy atom. The number of epoxide rings is 2. The van der Waals surface area contributed by atoms with Gasteiger partial charge in [-0.15, -0.1) is 0 Å². The highest BCUT2D eigenvalue weighted by Gasteiger charge is 2.33. The molecule has 39 heavy (non-hydrogen) atoms. The van der Waals surface area contributed by atoms with Crippen LogP contribution in [0.2, 0.25) is 0 Å². The lowest BCUT2D eigenvalue weighted by Gasteiger charge is -2.39. The van der Waals surface area contributed by atoms with Crippen LogP contribution in [0, 0.1) is 10.8 Å². The molecule has 5 heteroatoms. The zero-order chi connectivity index (χ0) is 28.1. The van der Waals surface area contributed by atoms with Gasteiger partial charge in [0.05, 0.1) is 26.4 Å². The van der Waals surface area contributed by atoms with Gasteiger partial charge in [0.25, 0.3) is 0 Å². The number of hydrogen-bond donors (Lipinski definition) is 2. The summed E-state index contributed by atoms with van der Waals surface area (Å²) in [6.07, 6.45) is 5.72. The van der Waals surface area contributed by atoms with Crippen molar-refractivity contribution >= 4 is 5.57 Å². The minimum absolute atomic E-state index is 0.322. The van der Waals surface area contributed by atoms with Crippen LogP contribution in [0.5, 0.6) is 11.5 Å². The van der Waals surface area contributed by atoms with Gasteiger partial charge in [0, 0.05) is 0 Å². The zero-order valence-electron chi connectivity index (χ0n) is 23.8. The van der Waals surface area contributed by atoms with Crippen molar-refractivity contribution in [2.45, 2.75) is 52.7 Å². The van der Waals surface area contributed by atoms with Crippen LogP contribution in [-0.2, 0) is 14.2 Å². The van der Waals surface area contributed by atoms with Crippen LogP contribution < -0.4 is 0 Å². The molecule has 0 spiro atoms. The number of rotatable bonds is 5. The largest absolute Gasteiger partial charge is 0.508 e. The highest BCUT2D eigenvalue weighted by Crippen LogP contribution is 2.47. The smallest absolute Gasteiger partial charge is 0.115 e. The minimum Gasteiger partial charge on any atom is -0.508 e. The fourth-order valence-corrected chi connectivity index (χ4v) is 4.74. The Morgan fingerprint density at radius 1 is 0.692 bits per heavy atom. The summed E-state index contributed by atoms with van der Waals surface area (Å²) in [5.41, 5.74) is 3.65. The summed E-state index contributed by atoms with van der Waals surface area (Å²) in [6, 6.07) is 28.2. The molecule has 2 N–H and O–H groups in total. The molecule has 5 nitrogen and oxygen atoms in total. The number of hydrogen-bond acceptors (Lipinski definition) is 5. The number of allylic oxidation sites excluding steroid dienone is 2. The molecule has 2 aliphatic heterocycles. The molecule has 2 unspecified atom stereocenters. The average Bonchev–Trinajstić information content (AvgIpc) is 3.82. The maximum atomic E-state index is 8.63. The third-order valence-electron chi connectivity index (χ3n) is 6.24. The zero-order valence-corrected chi connectivity index (χ0v) is 23.8. The third kappa shape index (κ3) is 13.5. The van der Waals surface area contributed by atoms with Gasteiger partial charge in [-0.3, -0.25) is 0 Å². The van der Waals surface area contributed by atoms with Crippen molar-refractivity contribution in [3.05, 3.63) is 103 Å². The monoisotopic (exact) mass is 532 g/mol. The number of ether oxygens (including phenoxy) is 3. The topological polar surface area (TPSA) is 74.8 Å². The number of phenolic OH excluding ortho intramolecular Hbond substituents is 2. The van der Waals surface area contributed by atoms with Crippen LogP contribution in [0.3, 0.4) is 0 Å². The first-order valence-corrected chi connectivity index (χ1v) is 13.7. The lowest BCUT2D eigenvalue weighted by molar-refractivity contribution is 0.102. The second-order valence-electron chi connectivity index (χ2n) is 11.7. The number of benzene rings is 3. The Labute approximate surface area is 234 Å². The molecule has 0 aromatic heterocycles. The van der Waals surface area contributed by atoms with Gasteiger partial charge in [-0.2, -0.15) is 0 Å². The van der Waals surface area contributed by atoms with Crippen LogP contribution >= 0.6 is 0 Å². The highest BCUT2D eigenvalue weighted by molar-refractivity contribution is 5.67. The van der Waals surface area contributed by atoms with Gasteiger partial charge in [0.2, 0.25) is 0 Å². The van der Waals surface area contributed by atoms with Crippen LogP contribution in [-0.4, -0.2) is 48.8 Å². The molecule has 2 saturated heterocycles. The Hall–Kier alpha value is -3.12. The van der Waals surface area contributed by atoms with Crippen molar-refractivity contribution in [1.82, 2.24) is 0 Å². The van der Waals surface area contributed by atoms with E-state index in [1.54, 1.807) is 48.5 Å². The van der Waals surface area contributed by atoms with E-state index in [0.29, 0.717) is 34.5 Å². The molecule has 0 radical (unpaired) electrons. The van der Waals surface area contributed by atoms with E-state index in [2.05, 4.69) is 64.1 Å².